The first-order valence-electron chi connectivity index (χ1n) is 20.3. The Balaban J connectivity index is 0.707. The lowest BCUT2D eigenvalue weighted by Crippen LogP contribution is -2.61. The van der Waals surface area contributed by atoms with Gasteiger partial charge < -0.3 is 15.4 Å². The maximum Gasteiger partial charge on any atom is 0.335 e. The van der Waals surface area contributed by atoms with Crippen molar-refractivity contribution in [3.8, 4) is 17.2 Å². The molecule has 0 spiro atoms. The van der Waals surface area contributed by atoms with Crippen LogP contribution in [0.3, 0.4) is 0 Å². The van der Waals surface area contributed by atoms with Gasteiger partial charge in [0.15, 0.2) is 11.5 Å². The highest BCUT2D eigenvalue weighted by Crippen LogP contribution is 2.35. The van der Waals surface area contributed by atoms with Crippen molar-refractivity contribution in [2.75, 3.05) is 56.4 Å². The average molecular weight is 797 g/mol. The van der Waals surface area contributed by atoms with Crippen LogP contribution < -0.4 is 26.4 Å². The lowest BCUT2D eigenvalue weighted by Gasteiger charge is -2.49. The molecule has 0 radical (unpaired) electrons. The van der Waals surface area contributed by atoms with Crippen molar-refractivity contribution in [1.82, 2.24) is 39.1 Å². The predicted octanol–water partition coefficient (Wildman–Crippen LogP) is 3.21. The maximum absolute atomic E-state index is 14.0. The fourth-order valence-corrected chi connectivity index (χ4v) is 9.34. The van der Waals surface area contributed by atoms with Gasteiger partial charge in [-0.15, -0.1) is 0 Å². The number of ether oxygens (including phenoxy) is 1. The summed E-state index contributed by atoms with van der Waals surface area (Å²) in [5, 5.41) is 2.24. The number of nitrogens with two attached hydrogens (primary N) is 1. The van der Waals surface area contributed by atoms with E-state index in [4.69, 9.17) is 10.5 Å². The molecule has 0 saturated carbocycles. The van der Waals surface area contributed by atoms with Crippen molar-refractivity contribution in [2.24, 2.45) is 5.92 Å². The molecule has 4 saturated heterocycles. The Hall–Kier alpha value is -6.39. The largest absolute Gasteiger partial charge is 0.457 e. The van der Waals surface area contributed by atoms with E-state index >= 15 is 0 Å². The summed E-state index contributed by atoms with van der Waals surface area (Å²) in [7, 11) is 0. The van der Waals surface area contributed by atoms with E-state index < -0.39 is 29.7 Å². The summed E-state index contributed by atoms with van der Waals surface area (Å²) in [6, 6.07) is 21.7. The first-order chi connectivity index (χ1) is 28.7. The van der Waals surface area contributed by atoms with Crippen molar-refractivity contribution >= 4 is 46.3 Å². The van der Waals surface area contributed by atoms with Crippen LogP contribution in [0.2, 0.25) is 0 Å². The van der Waals surface area contributed by atoms with Crippen LogP contribution in [-0.2, 0) is 9.59 Å². The van der Waals surface area contributed by atoms with Crippen molar-refractivity contribution in [3.05, 3.63) is 101 Å². The third kappa shape index (κ3) is 6.61. The normalized spacial score (nSPS) is 20.8. The van der Waals surface area contributed by atoms with Crippen LogP contribution in [0.4, 0.5) is 11.5 Å². The summed E-state index contributed by atoms with van der Waals surface area (Å²) < 4.78 is 9.33. The van der Waals surface area contributed by atoms with Gasteiger partial charge in [0.1, 0.15) is 29.4 Å². The van der Waals surface area contributed by atoms with Crippen LogP contribution in [0.5, 0.6) is 11.5 Å². The summed E-state index contributed by atoms with van der Waals surface area (Å²) >= 11 is 0. The van der Waals surface area contributed by atoms with Crippen LogP contribution in [-0.4, -0.2) is 115 Å². The molecule has 302 valence electrons. The zero-order chi connectivity index (χ0) is 40.4. The quantitative estimate of drug-likeness (QED) is 0.198. The van der Waals surface area contributed by atoms with Gasteiger partial charge in [0.25, 0.3) is 11.8 Å². The first-order valence-corrected chi connectivity index (χ1v) is 20.3. The van der Waals surface area contributed by atoms with E-state index in [9.17, 15) is 24.0 Å². The second kappa shape index (κ2) is 14.8. The van der Waals surface area contributed by atoms with Crippen molar-refractivity contribution < 1.29 is 23.9 Å². The molecular formula is C43H44N10O6. The second-order valence-corrected chi connectivity index (χ2v) is 16.2. The number of piperidine rings is 2. The number of imidazole rings is 1. The molecule has 0 aliphatic carbocycles. The Labute approximate surface area is 339 Å². The van der Waals surface area contributed by atoms with Gasteiger partial charge in [-0.25, -0.2) is 14.8 Å². The molecule has 59 heavy (non-hydrogen) atoms. The van der Waals surface area contributed by atoms with Gasteiger partial charge in [-0.3, -0.25) is 48.3 Å². The van der Waals surface area contributed by atoms with Gasteiger partial charge in [0.2, 0.25) is 11.8 Å². The van der Waals surface area contributed by atoms with Crippen molar-refractivity contribution in [1.29, 1.82) is 0 Å². The summed E-state index contributed by atoms with van der Waals surface area (Å²) in [5.41, 5.74) is 9.37. The maximum atomic E-state index is 14.0. The zero-order valence-corrected chi connectivity index (χ0v) is 32.4. The molecule has 5 aliphatic rings. The number of benzene rings is 3. The van der Waals surface area contributed by atoms with Crippen LogP contribution >= 0.6 is 0 Å². The number of anilines is 2. The van der Waals surface area contributed by atoms with Gasteiger partial charge in [-0.2, -0.15) is 0 Å². The highest BCUT2D eigenvalue weighted by atomic mass is 16.5. The van der Waals surface area contributed by atoms with Crippen LogP contribution in [0.1, 0.15) is 58.9 Å². The molecule has 3 aromatic carbocycles. The highest BCUT2D eigenvalue weighted by Gasteiger charge is 2.45. The standard InChI is InChI=1S/C43H44N10O6/c44-38-37-39(46-25-45-38)52(43(58)51(37)27-6-9-32(10-7-27)59-31-4-2-1-3-5-31)30-21-48(22-30)17-14-26-15-18-49(19-16-26)29-23-50(24-29)28-8-11-33-34(20-28)42(57)53(41(33)56)35-12-13-36(54)47-40(35)55/h1-11,20,25-26,29-30,35H,12-19,21-24H2,(H2,44,45,46)(H,47,54,55). The molecule has 4 amide bonds. The monoisotopic (exact) mass is 796 g/mol. The van der Waals surface area contributed by atoms with Gasteiger partial charge in [0, 0.05) is 44.3 Å². The molecule has 2 aromatic heterocycles. The van der Waals surface area contributed by atoms with Gasteiger partial charge in [0.05, 0.1) is 22.9 Å². The number of amides is 4. The Morgan fingerprint density at radius 3 is 2.22 bits per heavy atom. The molecular weight excluding hydrogens is 753 g/mol. The fourth-order valence-electron chi connectivity index (χ4n) is 9.34. The van der Waals surface area contributed by atoms with Gasteiger partial charge in [-0.1, -0.05) is 18.2 Å². The molecule has 16 heteroatoms. The number of rotatable bonds is 10. The summed E-state index contributed by atoms with van der Waals surface area (Å²) in [6.07, 6.45) is 5.03. The van der Waals surface area contributed by atoms with E-state index in [-0.39, 0.29) is 30.4 Å². The van der Waals surface area contributed by atoms with Crippen LogP contribution in [0.25, 0.3) is 16.9 Å². The number of imide groups is 2. The van der Waals surface area contributed by atoms with Gasteiger partial charge >= 0.3 is 5.69 Å². The predicted molar refractivity (Wildman–Crippen MR) is 218 cm³/mol. The van der Waals surface area contributed by atoms with E-state index in [0.717, 1.165) is 81.4 Å². The van der Waals surface area contributed by atoms with Gasteiger partial charge in [-0.05, 0) is 106 Å². The zero-order valence-electron chi connectivity index (χ0n) is 32.4. The number of fused-ring (bicyclic) bond motifs is 2. The summed E-state index contributed by atoms with van der Waals surface area (Å²) in [6.45, 7) is 6.28. The fraction of sp³-hybridized carbons (Fsp3) is 0.372. The minimum Gasteiger partial charge on any atom is -0.457 e. The third-order valence-electron chi connectivity index (χ3n) is 12.7. The molecule has 5 aromatic rings. The topological polar surface area (TPSA) is 181 Å². The molecule has 10 rings (SSSR count). The number of hydrogen-bond acceptors (Lipinski definition) is 12. The highest BCUT2D eigenvalue weighted by molar-refractivity contribution is 6.23. The third-order valence-corrected chi connectivity index (χ3v) is 12.7. The number of nitrogens with zero attached hydrogens (tertiary/aromatic N) is 8. The van der Waals surface area contributed by atoms with E-state index in [2.05, 4.69) is 30.0 Å². The number of carbonyl (C=O) groups is 4. The number of nitrogens with one attached hydrogen (secondary N) is 1. The molecule has 16 nitrogen and oxygen atoms in total. The Kier molecular flexibility index (Phi) is 9.24. The van der Waals surface area contributed by atoms with Crippen molar-refractivity contribution in [2.45, 2.75) is 50.2 Å². The Morgan fingerprint density at radius 1 is 0.763 bits per heavy atom. The second-order valence-electron chi connectivity index (χ2n) is 16.2. The number of hydrogen-bond donors (Lipinski definition) is 2. The minimum atomic E-state index is -0.971. The van der Waals surface area contributed by atoms with Crippen LogP contribution in [0.15, 0.2) is 83.9 Å². The molecule has 5 aliphatic heterocycles. The molecule has 7 heterocycles. The van der Waals surface area contributed by atoms with E-state index in [0.29, 0.717) is 45.7 Å². The lowest BCUT2D eigenvalue weighted by atomic mass is 9.90. The van der Waals surface area contributed by atoms with Crippen molar-refractivity contribution in [3.63, 3.8) is 0 Å². The number of nitrogen functional groups attached to an aromatic ring is 1. The van der Waals surface area contributed by atoms with Crippen LogP contribution in [0, 0.1) is 5.92 Å². The first kappa shape index (κ1) is 36.9. The molecule has 4 fully saturated rings. The number of para-hydroxylation sites is 1. The Bertz CT molecular complexity index is 2540. The average Bonchev–Trinajstić information content (AvgIpc) is 3.64. The van der Waals surface area contributed by atoms with E-state index in [1.165, 1.54) is 6.33 Å². The van der Waals surface area contributed by atoms with E-state index in [1.54, 1.807) is 21.3 Å². The van der Waals surface area contributed by atoms with E-state index in [1.807, 2.05) is 60.7 Å². The molecule has 1 unspecified atom stereocenters. The Morgan fingerprint density at radius 2 is 1.47 bits per heavy atom. The minimum absolute atomic E-state index is 0.0156. The lowest BCUT2D eigenvalue weighted by molar-refractivity contribution is -0.136. The molecule has 1 atom stereocenters. The number of carbonyl (C=O) groups excluding carboxylic acids is 4. The smallest absolute Gasteiger partial charge is 0.335 e. The summed E-state index contributed by atoms with van der Waals surface area (Å²) in [4.78, 5) is 81.5. The molecule has 3 N–H and O–H groups in total. The summed E-state index contributed by atoms with van der Waals surface area (Å²) in [5.74, 6) is 0.312. The SMILES string of the molecule is Nc1ncnc2c1n(-c1ccc(Oc3ccccc3)cc1)c(=O)n2C1CN(CCC2CCN(C3CN(c4ccc5c(c4)C(=O)N(C4CCC(=O)NC4=O)C5=O)C3)CC2)C1. The number of aromatic nitrogens is 4. The number of likely N-dealkylation sites (tertiary alicyclic amines) is 2. The molecule has 0 bridgehead atoms.